The maximum atomic E-state index is 12.9. The second-order valence-corrected chi connectivity index (χ2v) is 6.35. The molecule has 0 spiro atoms. The second kappa shape index (κ2) is 8.24. The lowest BCUT2D eigenvalue weighted by atomic mass is 10.1. The lowest BCUT2D eigenvalue weighted by molar-refractivity contribution is -0.122. The van der Waals surface area contributed by atoms with Gasteiger partial charge < -0.3 is 14.6 Å². The van der Waals surface area contributed by atoms with Gasteiger partial charge in [-0.25, -0.2) is 9.69 Å². The van der Waals surface area contributed by atoms with Crippen molar-refractivity contribution in [3.63, 3.8) is 0 Å². The van der Waals surface area contributed by atoms with Crippen molar-refractivity contribution in [1.82, 2.24) is 5.32 Å². The van der Waals surface area contributed by atoms with Crippen LogP contribution in [-0.2, 0) is 9.59 Å². The normalized spacial score (nSPS) is 15.5. The van der Waals surface area contributed by atoms with E-state index in [1.807, 2.05) is 0 Å². The Morgan fingerprint density at radius 3 is 2.48 bits per heavy atom. The Hall–Kier alpha value is -3.52. The molecule has 2 N–H and O–H groups in total. The van der Waals surface area contributed by atoms with Gasteiger partial charge in [0.25, 0.3) is 11.8 Å². The van der Waals surface area contributed by atoms with E-state index >= 15 is 0 Å². The molecule has 0 bridgehead atoms. The van der Waals surface area contributed by atoms with Crippen LogP contribution in [0.4, 0.5) is 10.5 Å². The topological polar surface area (TPSA) is 105 Å². The maximum Gasteiger partial charge on any atom is 0.335 e. The summed E-state index contributed by atoms with van der Waals surface area (Å²) in [6.07, 6.45) is 1.31. The molecule has 1 aliphatic rings. The quantitative estimate of drug-likeness (QED) is 0.573. The van der Waals surface area contributed by atoms with Gasteiger partial charge in [0.1, 0.15) is 11.3 Å². The first-order valence-corrected chi connectivity index (χ1v) is 8.94. The van der Waals surface area contributed by atoms with E-state index in [1.54, 1.807) is 13.0 Å². The molecule has 150 valence electrons. The van der Waals surface area contributed by atoms with E-state index in [2.05, 4.69) is 5.32 Å². The third kappa shape index (κ3) is 4.02. The molecule has 0 radical (unpaired) electrons. The Morgan fingerprint density at radius 1 is 1.17 bits per heavy atom. The number of amides is 4. The molecule has 9 heteroatoms. The van der Waals surface area contributed by atoms with Gasteiger partial charge in [-0.2, -0.15) is 0 Å². The summed E-state index contributed by atoms with van der Waals surface area (Å²) in [5.41, 5.74) is 0.347. The number of anilines is 1. The molecule has 0 aliphatic carbocycles. The van der Waals surface area contributed by atoms with Crippen LogP contribution in [-0.4, -0.2) is 36.7 Å². The third-order valence-corrected chi connectivity index (χ3v) is 4.34. The van der Waals surface area contributed by atoms with Crippen molar-refractivity contribution < 1.29 is 29.0 Å². The number of nitrogens with one attached hydrogen (secondary N) is 1. The third-order valence-electron chi connectivity index (χ3n) is 4.06. The van der Waals surface area contributed by atoms with Crippen LogP contribution in [0.5, 0.6) is 17.2 Å². The van der Waals surface area contributed by atoms with E-state index in [-0.39, 0.29) is 22.0 Å². The number of urea groups is 1. The molecule has 0 unspecified atom stereocenters. The zero-order chi connectivity index (χ0) is 21.1. The van der Waals surface area contributed by atoms with E-state index < -0.39 is 17.8 Å². The minimum Gasteiger partial charge on any atom is -0.508 e. The number of methoxy groups -OCH3 is 1. The molecule has 4 amide bonds. The number of benzene rings is 2. The first kappa shape index (κ1) is 20.2. The monoisotopic (exact) mass is 416 g/mol. The minimum atomic E-state index is -0.884. The average molecular weight is 417 g/mol. The van der Waals surface area contributed by atoms with E-state index in [0.29, 0.717) is 23.7 Å². The number of aromatic hydroxyl groups is 1. The van der Waals surface area contributed by atoms with Crippen LogP contribution < -0.4 is 19.7 Å². The minimum absolute atomic E-state index is 0.0263. The predicted molar refractivity (Wildman–Crippen MR) is 106 cm³/mol. The Kier molecular flexibility index (Phi) is 5.74. The zero-order valence-corrected chi connectivity index (χ0v) is 16.3. The van der Waals surface area contributed by atoms with Crippen LogP contribution in [0, 0.1) is 0 Å². The standard InChI is InChI=1S/C20H17ClN2O6/c1-3-29-17-15(21)9-11(10-16(17)28-2)8-14-18(25)22-20(27)23(19(14)26)12-4-6-13(24)7-5-12/h4-10,24H,3H2,1-2H3,(H,22,25,27)/b14-8+. The number of carbonyl (C=O) groups excluding carboxylic acids is 3. The molecule has 1 fully saturated rings. The van der Waals surface area contributed by atoms with Crippen molar-refractivity contribution in [2.45, 2.75) is 6.92 Å². The van der Waals surface area contributed by atoms with Crippen LogP contribution in [0.2, 0.25) is 5.02 Å². The van der Waals surface area contributed by atoms with Crippen LogP contribution in [0.3, 0.4) is 0 Å². The largest absolute Gasteiger partial charge is 0.508 e. The average Bonchev–Trinajstić information content (AvgIpc) is 2.68. The molecule has 1 aliphatic heterocycles. The summed E-state index contributed by atoms with van der Waals surface area (Å²) in [6.45, 7) is 2.17. The van der Waals surface area contributed by atoms with Crippen molar-refractivity contribution in [3.05, 3.63) is 52.6 Å². The maximum absolute atomic E-state index is 12.9. The van der Waals surface area contributed by atoms with E-state index in [0.717, 1.165) is 4.90 Å². The highest BCUT2D eigenvalue weighted by Gasteiger charge is 2.36. The molecule has 2 aromatic rings. The molecule has 1 heterocycles. The van der Waals surface area contributed by atoms with Crippen LogP contribution in [0.1, 0.15) is 12.5 Å². The van der Waals surface area contributed by atoms with Crippen LogP contribution in [0.25, 0.3) is 6.08 Å². The van der Waals surface area contributed by atoms with Gasteiger partial charge in [0, 0.05) is 0 Å². The van der Waals surface area contributed by atoms with Crippen LogP contribution in [0.15, 0.2) is 42.0 Å². The summed E-state index contributed by atoms with van der Waals surface area (Å²) in [5, 5.41) is 11.8. The van der Waals surface area contributed by atoms with E-state index in [1.165, 1.54) is 43.5 Å². The van der Waals surface area contributed by atoms with Gasteiger partial charge in [-0.15, -0.1) is 0 Å². The summed E-state index contributed by atoms with van der Waals surface area (Å²) in [4.78, 5) is 38.2. The number of hydrogen-bond acceptors (Lipinski definition) is 6. The first-order chi connectivity index (χ1) is 13.8. The number of hydrogen-bond donors (Lipinski definition) is 2. The number of imide groups is 2. The van der Waals surface area contributed by atoms with Crippen molar-refractivity contribution in [1.29, 1.82) is 0 Å². The summed E-state index contributed by atoms with van der Waals surface area (Å²) >= 11 is 6.24. The van der Waals surface area contributed by atoms with Gasteiger partial charge in [-0.1, -0.05) is 11.6 Å². The number of rotatable bonds is 5. The lowest BCUT2D eigenvalue weighted by Crippen LogP contribution is -2.54. The summed E-state index contributed by atoms with van der Waals surface area (Å²) in [6, 6.07) is 7.62. The number of barbiturate groups is 1. The van der Waals surface area contributed by atoms with E-state index in [9.17, 15) is 19.5 Å². The molecule has 0 atom stereocenters. The van der Waals surface area contributed by atoms with Crippen LogP contribution >= 0.6 is 11.6 Å². The Morgan fingerprint density at radius 2 is 1.86 bits per heavy atom. The molecule has 0 aromatic heterocycles. The summed E-state index contributed by atoms with van der Waals surface area (Å²) in [7, 11) is 1.44. The number of carbonyl (C=O) groups is 3. The molecule has 0 saturated carbocycles. The molecule has 2 aromatic carbocycles. The van der Waals surface area contributed by atoms with Gasteiger partial charge in [0.2, 0.25) is 0 Å². The Balaban J connectivity index is 2.02. The van der Waals surface area contributed by atoms with Crippen molar-refractivity contribution in [3.8, 4) is 17.2 Å². The predicted octanol–water partition coefficient (Wildman–Crippen LogP) is 3.12. The van der Waals surface area contributed by atoms with Gasteiger partial charge >= 0.3 is 6.03 Å². The molecule has 3 rings (SSSR count). The van der Waals surface area contributed by atoms with Gasteiger partial charge in [-0.3, -0.25) is 14.9 Å². The Labute approximate surface area is 171 Å². The smallest absolute Gasteiger partial charge is 0.335 e. The fourth-order valence-electron chi connectivity index (χ4n) is 2.77. The highest BCUT2D eigenvalue weighted by atomic mass is 35.5. The molecular weight excluding hydrogens is 400 g/mol. The van der Waals surface area contributed by atoms with Gasteiger partial charge in [0.05, 0.1) is 24.4 Å². The second-order valence-electron chi connectivity index (χ2n) is 5.94. The fourth-order valence-corrected chi connectivity index (χ4v) is 3.04. The number of nitrogens with zero attached hydrogens (tertiary/aromatic N) is 1. The number of phenols is 1. The van der Waals surface area contributed by atoms with Crippen molar-refractivity contribution >= 4 is 41.2 Å². The van der Waals surface area contributed by atoms with Crippen molar-refractivity contribution in [2.24, 2.45) is 0 Å². The number of ether oxygens (including phenoxy) is 2. The number of phenolic OH excluding ortho intramolecular Hbond substituents is 1. The molecule has 8 nitrogen and oxygen atoms in total. The molecule has 1 saturated heterocycles. The SMILES string of the molecule is CCOc1c(Cl)cc(/C=C2\C(=O)NC(=O)N(c3ccc(O)cc3)C2=O)cc1OC. The lowest BCUT2D eigenvalue weighted by Gasteiger charge is -2.26. The summed E-state index contributed by atoms with van der Waals surface area (Å²) in [5.74, 6) is -0.991. The Bertz CT molecular complexity index is 1020. The van der Waals surface area contributed by atoms with Gasteiger partial charge in [0.15, 0.2) is 11.5 Å². The highest BCUT2D eigenvalue weighted by Crippen LogP contribution is 2.37. The summed E-state index contributed by atoms with van der Waals surface area (Å²) < 4.78 is 10.7. The molecular formula is C20H17ClN2O6. The first-order valence-electron chi connectivity index (χ1n) is 8.56. The molecule has 29 heavy (non-hydrogen) atoms. The highest BCUT2D eigenvalue weighted by molar-refractivity contribution is 6.39. The van der Waals surface area contributed by atoms with E-state index in [4.69, 9.17) is 21.1 Å². The van der Waals surface area contributed by atoms with Gasteiger partial charge in [-0.05, 0) is 55.0 Å². The fraction of sp³-hybridized carbons (Fsp3) is 0.150. The zero-order valence-electron chi connectivity index (χ0n) is 15.6. The number of halogens is 1. The van der Waals surface area contributed by atoms with Crippen molar-refractivity contribution in [2.75, 3.05) is 18.6 Å².